The van der Waals surface area contributed by atoms with E-state index < -0.39 is 0 Å². The molecule has 4 heteroatoms. The second kappa shape index (κ2) is 2.90. The number of hydrogen-bond donors (Lipinski definition) is 1. The van der Waals surface area contributed by atoms with Gasteiger partial charge in [0.1, 0.15) is 0 Å². The van der Waals surface area contributed by atoms with Crippen LogP contribution in [0.3, 0.4) is 0 Å². The molecule has 0 amide bonds. The molecule has 0 radical (unpaired) electrons. The van der Waals surface area contributed by atoms with Crippen LogP contribution in [0.1, 0.15) is 5.56 Å². The van der Waals surface area contributed by atoms with E-state index in [-0.39, 0.29) is 6.01 Å². The second-order valence-electron chi connectivity index (χ2n) is 2.83. The molecule has 1 aromatic carbocycles. The maximum Gasteiger partial charge on any atom is 0.319 e. The van der Waals surface area contributed by atoms with Gasteiger partial charge in [0.15, 0.2) is 0 Å². The predicted octanol–water partition coefficient (Wildman–Crippen LogP) is 1.63. The maximum atomic E-state index is 5.31. The fourth-order valence-corrected chi connectivity index (χ4v) is 1.14. The molecule has 0 aliphatic heterocycles. The van der Waals surface area contributed by atoms with Crippen molar-refractivity contribution < 1.29 is 4.52 Å². The zero-order valence-electron chi connectivity index (χ0n) is 7.19. The van der Waals surface area contributed by atoms with Crippen molar-refractivity contribution >= 4 is 6.01 Å². The first-order chi connectivity index (χ1) is 6.25. The zero-order valence-corrected chi connectivity index (χ0v) is 7.19. The molecule has 0 spiro atoms. The van der Waals surface area contributed by atoms with Crippen LogP contribution < -0.4 is 5.73 Å². The van der Waals surface area contributed by atoms with E-state index in [2.05, 4.69) is 14.7 Å². The van der Waals surface area contributed by atoms with Crippen LogP contribution >= 0.6 is 0 Å². The zero-order chi connectivity index (χ0) is 9.26. The molecular weight excluding hydrogens is 166 g/mol. The molecular formula is C9H9N3O. The minimum absolute atomic E-state index is 0.0940. The standard InChI is InChI=1S/C9H9N3O/c1-6-3-2-4-7(5-6)8-11-9(10)13-12-8/h2-5H,1H3,(H2,10,11,12). The summed E-state index contributed by atoms with van der Waals surface area (Å²) in [4.78, 5) is 3.92. The Kier molecular flexibility index (Phi) is 1.73. The average Bonchev–Trinajstić information content (AvgIpc) is 2.52. The number of nitrogens with zero attached hydrogens (tertiary/aromatic N) is 2. The summed E-state index contributed by atoms with van der Waals surface area (Å²) >= 11 is 0. The molecule has 13 heavy (non-hydrogen) atoms. The summed E-state index contributed by atoms with van der Waals surface area (Å²) in [5, 5.41) is 3.72. The molecule has 0 atom stereocenters. The van der Waals surface area contributed by atoms with Gasteiger partial charge < -0.3 is 10.3 Å². The van der Waals surface area contributed by atoms with E-state index in [9.17, 15) is 0 Å². The highest BCUT2D eigenvalue weighted by Gasteiger charge is 2.04. The third kappa shape index (κ3) is 1.51. The Balaban J connectivity index is 2.46. The number of benzene rings is 1. The number of nitrogen functional groups attached to an aromatic ring is 1. The molecule has 0 aliphatic rings. The molecule has 0 aliphatic carbocycles. The summed E-state index contributed by atoms with van der Waals surface area (Å²) in [6.45, 7) is 2.01. The lowest BCUT2D eigenvalue weighted by molar-refractivity contribution is 0.437. The third-order valence-corrected chi connectivity index (χ3v) is 1.72. The van der Waals surface area contributed by atoms with Crippen LogP contribution in [0.15, 0.2) is 28.8 Å². The summed E-state index contributed by atoms with van der Waals surface area (Å²) < 4.78 is 4.68. The smallest absolute Gasteiger partial charge is 0.319 e. The first kappa shape index (κ1) is 7.79. The lowest BCUT2D eigenvalue weighted by Crippen LogP contribution is -1.84. The molecule has 0 saturated heterocycles. The van der Waals surface area contributed by atoms with Crippen LogP contribution in [0.2, 0.25) is 0 Å². The summed E-state index contributed by atoms with van der Waals surface area (Å²) in [5.74, 6) is 0.529. The number of anilines is 1. The van der Waals surface area contributed by atoms with Crippen molar-refractivity contribution in [3.8, 4) is 11.4 Å². The highest BCUT2D eigenvalue weighted by atomic mass is 16.5. The van der Waals surface area contributed by atoms with E-state index >= 15 is 0 Å². The summed E-state index contributed by atoms with van der Waals surface area (Å²) in [5.41, 5.74) is 7.38. The fourth-order valence-electron chi connectivity index (χ4n) is 1.14. The minimum Gasteiger partial charge on any atom is -0.351 e. The monoisotopic (exact) mass is 175 g/mol. The van der Waals surface area contributed by atoms with E-state index in [0.29, 0.717) is 5.82 Å². The molecule has 1 aromatic heterocycles. The summed E-state index contributed by atoms with van der Waals surface area (Å²) in [7, 11) is 0. The molecule has 0 fully saturated rings. The van der Waals surface area contributed by atoms with Crippen LogP contribution in [-0.4, -0.2) is 10.1 Å². The quantitative estimate of drug-likeness (QED) is 0.715. The van der Waals surface area contributed by atoms with Crippen LogP contribution in [-0.2, 0) is 0 Å². The Hall–Kier alpha value is -1.84. The Morgan fingerprint density at radius 1 is 1.38 bits per heavy atom. The lowest BCUT2D eigenvalue weighted by atomic mass is 10.1. The molecule has 2 rings (SSSR count). The highest BCUT2D eigenvalue weighted by Crippen LogP contribution is 2.16. The van der Waals surface area contributed by atoms with Gasteiger partial charge in [-0.05, 0) is 13.0 Å². The number of nitrogens with two attached hydrogens (primary N) is 1. The van der Waals surface area contributed by atoms with Crippen molar-refractivity contribution in [2.24, 2.45) is 0 Å². The Labute approximate surface area is 75.4 Å². The van der Waals surface area contributed by atoms with Gasteiger partial charge in [0.25, 0.3) is 0 Å². The molecule has 66 valence electrons. The third-order valence-electron chi connectivity index (χ3n) is 1.72. The van der Waals surface area contributed by atoms with Crippen molar-refractivity contribution in [2.45, 2.75) is 6.92 Å². The summed E-state index contributed by atoms with van der Waals surface area (Å²) in [6.07, 6.45) is 0. The molecule has 0 unspecified atom stereocenters. The maximum absolute atomic E-state index is 5.31. The molecule has 2 N–H and O–H groups in total. The van der Waals surface area contributed by atoms with Crippen molar-refractivity contribution in [1.29, 1.82) is 0 Å². The minimum atomic E-state index is 0.0940. The predicted molar refractivity (Wildman–Crippen MR) is 48.9 cm³/mol. The Morgan fingerprint density at radius 2 is 2.23 bits per heavy atom. The molecule has 2 aromatic rings. The summed E-state index contributed by atoms with van der Waals surface area (Å²) in [6, 6.07) is 7.93. The SMILES string of the molecule is Cc1cccc(-c2noc(N)n2)c1. The lowest BCUT2D eigenvalue weighted by Gasteiger charge is -1.94. The van der Waals surface area contributed by atoms with Gasteiger partial charge in [0.05, 0.1) is 0 Å². The first-order valence-electron chi connectivity index (χ1n) is 3.92. The average molecular weight is 175 g/mol. The Bertz CT molecular complexity index is 422. The highest BCUT2D eigenvalue weighted by molar-refractivity contribution is 5.56. The van der Waals surface area contributed by atoms with Gasteiger partial charge in [-0.25, -0.2) is 0 Å². The van der Waals surface area contributed by atoms with Crippen LogP contribution in [0.5, 0.6) is 0 Å². The number of rotatable bonds is 1. The molecule has 0 saturated carbocycles. The van der Waals surface area contributed by atoms with Crippen molar-refractivity contribution in [3.63, 3.8) is 0 Å². The second-order valence-corrected chi connectivity index (χ2v) is 2.83. The van der Waals surface area contributed by atoms with Crippen molar-refractivity contribution in [1.82, 2.24) is 10.1 Å². The van der Waals surface area contributed by atoms with Gasteiger partial charge in [0.2, 0.25) is 5.82 Å². The largest absolute Gasteiger partial charge is 0.351 e. The molecule has 4 nitrogen and oxygen atoms in total. The van der Waals surface area contributed by atoms with Crippen molar-refractivity contribution in [3.05, 3.63) is 29.8 Å². The molecule has 0 bridgehead atoms. The number of aromatic nitrogens is 2. The van der Waals surface area contributed by atoms with E-state index in [1.165, 1.54) is 0 Å². The topological polar surface area (TPSA) is 64.9 Å². The number of hydrogen-bond acceptors (Lipinski definition) is 4. The van der Waals surface area contributed by atoms with E-state index in [4.69, 9.17) is 5.73 Å². The Morgan fingerprint density at radius 3 is 2.85 bits per heavy atom. The van der Waals surface area contributed by atoms with Gasteiger partial charge in [-0.1, -0.05) is 28.9 Å². The normalized spacial score (nSPS) is 10.2. The van der Waals surface area contributed by atoms with Crippen LogP contribution in [0.25, 0.3) is 11.4 Å². The van der Waals surface area contributed by atoms with Gasteiger partial charge >= 0.3 is 6.01 Å². The van der Waals surface area contributed by atoms with E-state index in [1.807, 2.05) is 31.2 Å². The first-order valence-corrected chi connectivity index (χ1v) is 3.92. The van der Waals surface area contributed by atoms with Gasteiger partial charge in [-0.3, -0.25) is 0 Å². The van der Waals surface area contributed by atoms with Crippen molar-refractivity contribution in [2.75, 3.05) is 5.73 Å². The van der Waals surface area contributed by atoms with E-state index in [0.717, 1.165) is 11.1 Å². The van der Waals surface area contributed by atoms with Crippen LogP contribution in [0, 0.1) is 6.92 Å². The number of aryl methyl sites for hydroxylation is 1. The van der Waals surface area contributed by atoms with Gasteiger partial charge in [-0.2, -0.15) is 4.98 Å². The van der Waals surface area contributed by atoms with Gasteiger partial charge in [0, 0.05) is 5.56 Å². The fraction of sp³-hybridized carbons (Fsp3) is 0.111. The van der Waals surface area contributed by atoms with Crippen LogP contribution in [0.4, 0.5) is 6.01 Å². The van der Waals surface area contributed by atoms with E-state index in [1.54, 1.807) is 0 Å². The van der Waals surface area contributed by atoms with Gasteiger partial charge in [-0.15, -0.1) is 0 Å². The molecule has 1 heterocycles.